The minimum absolute atomic E-state index is 0.529. The van der Waals surface area contributed by atoms with Crippen LogP contribution in [0.1, 0.15) is 128 Å². The van der Waals surface area contributed by atoms with Crippen LogP contribution in [0, 0.1) is 47.1 Å². The molecule has 1 aromatic rings. The molecule has 2 heteroatoms. The molecule has 0 aromatic heterocycles. The fraction of sp³-hybridized carbons (Fsp3) is 0.765. The highest BCUT2D eigenvalue weighted by Gasteiger charge is 2.34. The van der Waals surface area contributed by atoms with Crippen LogP contribution in [-0.2, 0) is 12.8 Å². The van der Waals surface area contributed by atoms with Crippen molar-refractivity contribution >= 4 is 0 Å². The van der Waals surface area contributed by atoms with Crippen molar-refractivity contribution in [2.75, 3.05) is 0 Å². The first kappa shape index (κ1) is 27.8. The summed E-state index contributed by atoms with van der Waals surface area (Å²) in [5.41, 5.74) is 1.11. The maximum absolute atomic E-state index is 14.5. The van der Waals surface area contributed by atoms with Crippen LogP contribution in [-0.4, -0.2) is 0 Å². The minimum Gasteiger partial charge on any atom is -0.203 e. The van der Waals surface area contributed by atoms with E-state index in [9.17, 15) is 8.78 Å². The van der Waals surface area contributed by atoms with Crippen LogP contribution >= 0.6 is 0 Å². The van der Waals surface area contributed by atoms with Gasteiger partial charge in [-0.1, -0.05) is 63.3 Å². The third kappa shape index (κ3) is 7.44. The van der Waals surface area contributed by atoms with Crippen molar-refractivity contribution in [1.82, 2.24) is 0 Å². The van der Waals surface area contributed by atoms with Gasteiger partial charge in [0, 0.05) is 0 Å². The summed E-state index contributed by atoms with van der Waals surface area (Å²) in [4.78, 5) is 0. The van der Waals surface area contributed by atoms with Crippen molar-refractivity contribution in [1.29, 1.82) is 0 Å². The smallest absolute Gasteiger partial charge is 0.162 e. The van der Waals surface area contributed by atoms with Crippen LogP contribution in [0.25, 0.3) is 0 Å². The predicted molar refractivity (Wildman–Crippen MR) is 149 cm³/mol. The van der Waals surface area contributed by atoms with Crippen molar-refractivity contribution in [3.63, 3.8) is 0 Å². The second-order valence-corrected chi connectivity index (χ2v) is 12.7. The van der Waals surface area contributed by atoms with Crippen LogP contribution in [0.2, 0.25) is 0 Å². The van der Waals surface area contributed by atoms with E-state index in [1.807, 2.05) is 13.0 Å². The van der Waals surface area contributed by atoms with E-state index in [2.05, 4.69) is 19.1 Å². The van der Waals surface area contributed by atoms with Gasteiger partial charge in [-0.05, 0) is 137 Å². The first-order chi connectivity index (χ1) is 17.6. The average molecular weight is 499 g/mol. The molecule has 0 saturated heterocycles. The lowest BCUT2D eigenvalue weighted by Gasteiger charge is -2.41. The highest BCUT2D eigenvalue weighted by atomic mass is 19.2. The zero-order chi connectivity index (χ0) is 25.3. The van der Waals surface area contributed by atoms with E-state index in [0.29, 0.717) is 29.9 Å². The van der Waals surface area contributed by atoms with Gasteiger partial charge in [0.2, 0.25) is 0 Å². The molecule has 0 bridgehead atoms. The second-order valence-electron chi connectivity index (χ2n) is 12.7. The molecule has 0 N–H and O–H groups in total. The molecule has 3 saturated carbocycles. The summed E-state index contributed by atoms with van der Waals surface area (Å²) in [7, 11) is 0. The third-order valence-electron chi connectivity index (χ3n) is 10.5. The monoisotopic (exact) mass is 498 g/mol. The zero-order valence-corrected chi connectivity index (χ0v) is 23.3. The molecule has 0 heterocycles. The van der Waals surface area contributed by atoms with Gasteiger partial charge in [-0.25, -0.2) is 8.78 Å². The SMILES string of the molecule is C/C=C/CCC1CCC(C2CCC(C3CCC(CCc4ccc(CCC)c(F)c4F)CC3)CC2)CC1. The molecule has 0 unspecified atom stereocenters. The van der Waals surface area contributed by atoms with Crippen molar-refractivity contribution in [3.05, 3.63) is 47.0 Å². The molecule has 3 fully saturated rings. The highest BCUT2D eigenvalue weighted by Crippen LogP contribution is 2.46. The Bertz CT molecular complexity index is 803. The summed E-state index contributed by atoms with van der Waals surface area (Å²) in [6.45, 7) is 4.14. The van der Waals surface area contributed by atoms with E-state index >= 15 is 0 Å². The maximum Gasteiger partial charge on any atom is 0.162 e. The molecule has 0 spiro atoms. The van der Waals surface area contributed by atoms with Gasteiger partial charge < -0.3 is 0 Å². The van der Waals surface area contributed by atoms with Gasteiger partial charge in [0.15, 0.2) is 11.6 Å². The molecular formula is C34H52F2. The van der Waals surface area contributed by atoms with Gasteiger partial charge in [-0.2, -0.15) is 0 Å². The molecule has 3 aliphatic carbocycles. The molecule has 0 atom stereocenters. The normalized spacial score (nSPS) is 31.7. The summed E-state index contributed by atoms with van der Waals surface area (Å²) in [6, 6.07) is 3.64. The van der Waals surface area contributed by atoms with E-state index in [4.69, 9.17) is 0 Å². The van der Waals surface area contributed by atoms with Gasteiger partial charge in [-0.3, -0.25) is 0 Å². The van der Waals surface area contributed by atoms with E-state index in [0.717, 1.165) is 42.4 Å². The molecule has 3 aliphatic rings. The van der Waals surface area contributed by atoms with Crippen molar-refractivity contribution in [2.24, 2.45) is 35.5 Å². The summed E-state index contributed by atoms with van der Waals surface area (Å²) in [6.07, 6.45) is 27.6. The van der Waals surface area contributed by atoms with Crippen LogP contribution in [0.15, 0.2) is 24.3 Å². The Kier molecular flexibility index (Phi) is 10.9. The number of halogens is 2. The zero-order valence-electron chi connectivity index (χ0n) is 23.3. The van der Waals surface area contributed by atoms with E-state index in [1.165, 1.54) is 89.9 Å². The molecule has 1 aromatic carbocycles. The van der Waals surface area contributed by atoms with E-state index in [-0.39, 0.29) is 0 Å². The van der Waals surface area contributed by atoms with Gasteiger partial charge >= 0.3 is 0 Å². The quantitative estimate of drug-likeness (QED) is 0.281. The molecule has 0 aliphatic heterocycles. The van der Waals surface area contributed by atoms with Crippen LogP contribution in [0.4, 0.5) is 8.78 Å². The van der Waals surface area contributed by atoms with Crippen LogP contribution in [0.3, 0.4) is 0 Å². The van der Waals surface area contributed by atoms with Crippen molar-refractivity contribution in [2.45, 2.75) is 129 Å². The summed E-state index contributed by atoms with van der Waals surface area (Å²) in [5.74, 6) is 4.39. The molecule has 36 heavy (non-hydrogen) atoms. The van der Waals surface area contributed by atoms with Gasteiger partial charge in [0.05, 0.1) is 0 Å². The Morgan fingerprint density at radius 2 is 1.06 bits per heavy atom. The van der Waals surface area contributed by atoms with Gasteiger partial charge in [0.25, 0.3) is 0 Å². The summed E-state index contributed by atoms with van der Waals surface area (Å²) in [5, 5.41) is 0. The molecule has 0 nitrogen and oxygen atoms in total. The number of hydrogen-bond acceptors (Lipinski definition) is 0. The molecule has 4 rings (SSSR count). The summed E-state index contributed by atoms with van der Waals surface area (Å²) < 4.78 is 28.8. The van der Waals surface area contributed by atoms with Crippen LogP contribution < -0.4 is 0 Å². The average Bonchev–Trinajstić information content (AvgIpc) is 2.92. The lowest BCUT2D eigenvalue weighted by molar-refractivity contribution is 0.103. The predicted octanol–water partition coefficient (Wildman–Crippen LogP) is 10.6. The molecular weight excluding hydrogens is 446 g/mol. The number of rotatable bonds is 10. The Labute approximate surface area is 220 Å². The lowest BCUT2D eigenvalue weighted by Crippen LogP contribution is -2.29. The van der Waals surface area contributed by atoms with E-state index in [1.54, 1.807) is 6.07 Å². The first-order valence-corrected chi connectivity index (χ1v) is 15.7. The number of benzene rings is 1. The fourth-order valence-electron chi connectivity index (χ4n) is 8.13. The molecule has 0 amide bonds. The van der Waals surface area contributed by atoms with Crippen LogP contribution in [0.5, 0.6) is 0 Å². The second kappa shape index (κ2) is 14.1. The van der Waals surface area contributed by atoms with Crippen molar-refractivity contribution < 1.29 is 8.78 Å². The number of aryl methyl sites for hydroxylation is 2. The minimum atomic E-state index is -0.605. The number of hydrogen-bond donors (Lipinski definition) is 0. The lowest BCUT2D eigenvalue weighted by atomic mass is 9.64. The topological polar surface area (TPSA) is 0 Å². The van der Waals surface area contributed by atoms with Gasteiger partial charge in [0.1, 0.15) is 0 Å². The fourth-order valence-corrected chi connectivity index (χ4v) is 8.13. The highest BCUT2D eigenvalue weighted by molar-refractivity contribution is 5.26. The Balaban J connectivity index is 1.14. The van der Waals surface area contributed by atoms with Gasteiger partial charge in [-0.15, -0.1) is 0 Å². The number of allylic oxidation sites excluding steroid dienone is 2. The Hall–Kier alpha value is -1.18. The Morgan fingerprint density at radius 3 is 1.50 bits per heavy atom. The molecule has 0 radical (unpaired) electrons. The van der Waals surface area contributed by atoms with E-state index < -0.39 is 11.6 Å². The molecule has 202 valence electrons. The third-order valence-corrected chi connectivity index (χ3v) is 10.5. The standard InChI is InChI=1S/C34H52F2/c1-3-5-6-8-25-9-14-27(15-10-25)29-19-21-30(22-20-29)28-16-11-26(12-17-28)13-18-32-24-23-31(7-4-2)33(35)34(32)36/h3,5,23-30H,4,6-22H2,1-2H3/b5-3+. The summed E-state index contributed by atoms with van der Waals surface area (Å²) >= 11 is 0. The maximum atomic E-state index is 14.5. The van der Waals surface area contributed by atoms with Crippen molar-refractivity contribution in [3.8, 4) is 0 Å². The Morgan fingerprint density at radius 1 is 0.639 bits per heavy atom. The first-order valence-electron chi connectivity index (χ1n) is 15.7. The largest absolute Gasteiger partial charge is 0.203 e.